The molecule has 4 nitrogen and oxygen atoms in total. The van der Waals surface area contributed by atoms with Crippen LogP contribution in [0.5, 0.6) is 0 Å². The van der Waals surface area contributed by atoms with Crippen LogP contribution < -0.4 is 5.32 Å². The summed E-state index contributed by atoms with van der Waals surface area (Å²) in [6.07, 6.45) is 54.0. The van der Waals surface area contributed by atoms with Crippen LogP contribution in [-0.2, 0) is 4.79 Å². The summed E-state index contributed by atoms with van der Waals surface area (Å²) in [5, 5.41) is 23.1. The Labute approximate surface area is 313 Å². The highest BCUT2D eigenvalue weighted by Gasteiger charge is 2.19. The Morgan fingerprint density at radius 2 is 0.760 bits per heavy atom. The molecule has 50 heavy (non-hydrogen) atoms. The average molecular weight is 704 g/mol. The van der Waals surface area contributed by atoms with Gasteiger partial charge in [0.2, 0.25) is 5.91 Å². The van der Waals surface area contributed by atoms with Crippen molar-refractivity contribution in [1.29, 1.82) is 0 Å². The molecular weight excluding hydrogens is 615 g/mol. The molecule has 0 heterocycles. The van der Waals surface area contributed by atoms with Crippen LogP contribution in [0.2, 0.25) is 0 Å². The van der Waals surface area contributed by atoms with Crippen LogP contribution in [0.25, 0.3) is 0 Å². The van der Waals surface area contributed by atoms with Gasteiger partial charge in [0, 0.05) is 6.42 Å². The van der Waals surface area contributed by atoms with Crippen LogP contribution >= 0.6 is 0 Å². The topological polar surface area (TPSA) is 69.6 Å². The summed E-state index contributed by atoms with van der Waals surface area (Å²) in [5.74, 6) is -0.0394. The number of aliphatic hydroxyl groups is 2. The number of nitrogens with one attached hydrogen (secondary N) is 1. The lowest BCUT2D eigenvalue weighted by atomic mass is 10.0. The molecule has 0 aliphatic rings. The molecule has 0 aliphatic carbocycles. The number of amides is 1. The molecule has 0 fully saturated rings. The highest BCUT2D eigenvalue weighted by molar-refractivity contribution is 5.76. The molecule has 0 radical (unpaired) electrons. The van der Waals surface area contributed by atoms with Crippen molar-refractivity contribution < 1.29 is 15.0 Å². The minimum atomic E-state index is -0.679. The Kier molecular flexibility index (Phi) is 41.3. The lowest BCUT2D eigenvalue weighted by Crippen LogP contribution is -2.45. The number of carbonyl (C=O) groups is 1. The summed E-state index contributed by atoms with van der Waals surface area (Å²) in [7, 11) is 0. The summed E-state index contributed by atoms with van der Waals surface area (Å²) in [4.78, 5) is 12.4. The fourth-order valence-electron chi connectivity index (χ4n) is 6.94. The Morgan fingerprint density at radius 3 is 1.10 bits per heavy atom. The van der Waals surface area contributed by atoms with Gasteiger partial charge in [-0.05, 0) is 64.2 Å². The molecule has 296 valence electrons. The van der Waals surface area contributed by atoms with Gasteiger partial charge >= 0.3 is 0 Å². The van der Waals surface area contributed by atoms with E-state index in [9.17, 15) is 15.0 Å². The highest BCUT2D eigenvalue weighted by atomic mass is 16.3. The molecule has 0 unspecified atom stereocenters. The molecule has 0 aromatic carbocycles. The molecule has 0 saturated heterocycles. The molecule has 0 aliphatic heterocycles. The van der Waals surface area contributed by atoms with Crippen molar-refractivity contribution in [1.82, 2.24) is 5.32 Å². The number of rotatable bonds is 41. The Balaban J connectivity index is 3.51. The van der Waals surface area contributed by atoms with Gasteiger partial charge in [-0.25, -0.2) is 0 Å². The summed E-state index contributed by atoms with van der Waals surface area (Å²) in [5.41, 5.74) is 0. The van der Waals surface area contributed by atoms with Gasteiger partial charge in [-0.1, -0.05) is 199 Å². The fraction of sp³-hybridized carbons (Fsp3) is 0.891. The van der Waals surface area contributed by atoms with E-state index in [1.807, 2.05) is 0 Å². The lowest BCUT2D eigenvalue weighted by molar-refractivity contribution is -0.123. The number of unbranched alkanes of at least 4 members (excludes halogenated alkanes) is 30. The molecule has 3 N–H and O–H groups in total. The molecule has 0 rings (SSSR count). The number of aliphatic hydroxyl groups excluding tert-OH is 2. The third-order valence-corrected chi connectivity index (χ3v) is 10.4. The quantitative estimate of drug-likeness (QED) is 0.0438. The number of hydrogen-bond donors (Lipinski definition) is 3. The van der Waals surface area contributed by atoms with Crippen LogP contribution in [0.1, 0.15) is 245 Å². The predicted octanol–water partition coefficient (Wildman–Crippen LogP) is 14.0. The highest BCUT2D eigenvalue weighted by Crippen LogP contribution is 2.15. The van der Waals surface area contributed by atoms with Crippen LogP contribution in [0, 0.1) is 0 Å². The van der Waals surface area contributed by atoms with E-state index >= 15 is 0 Å². The monoisotopic (exact) mass is 704 g/mol. The minimum Gasteiger partial charge on any atom is -0.394 e. The van der Waals surface area contributed by atoms with Gasteiger partial charge in [0.1, 0.15) is 0 Å². The molecule has 0 aromatic rings. The van der Waals surface area contributed by atoms with Crippen LogP contribution in [0.15, 0.2) is 24.3 Å². The summed E-state index contributed by atoms with van der Waals surface area (Å²) >= 11 is 0. The number of hydrogen-bond acceptors (Lipinski definition) is 3. The first-order valence-electron chi connectivity index (χ1n) is 22.5. The lowest BCUT2D eigenvalue weighted by Gasteiger charge is -2.22. The first kappa shape index (κ1) is 48.9. The second kappa shape index (κ2) is 42.3. The standard InChI is InChI=1S/C46H89NO3/c1-3-5-7-9-11-13-15-17-19-20-21-22-23-24-25-26-28-30-32-34-36-38-40-42-46(50)47-44(43-48)45(49)41-39-37-35-33-31-29-27-18-16-14-12-10-8-6-4-2/h17,19,31,33,44-45,48-49H,3-16,18,20-30,32,34-43H2,1-2H3,(H,47,50)/b19-17+,33-31+/t44-,45+/m0/s1. The van der Waals surface area contributed by atoms with Gasteiger partial charge in [0.25, 0.3) is 0 Å². The molecule has 1 amide bonds. The maximum absolute atomic E-state index is 12.4. The van der Waals surface area contributed by atoms with E-state index in [4.69, 9.17) is 0 Å². The Morgan fingerprint density at radius 1 is 0.460 bits per heavy atom. The number of allylic oxidation sites excluding steroid dienone is 4. The largest absolute Gasteiger partial charge is 0.394 e. The van der Waals surface area contributed by atoms with Gasteiger partial charge < -0.3 is 15.5 Å². The van der Waals surface area contributed by atoms with Crippen molar-refractivity contribution in [2.24, 2.45) is 0 Å². The molecule has 2 atom stereocenters. The summed E-state index contributed by atoms with van der Waals surface area (Å²) < 4.78 is 0. The van der Waals surface area contributed by atoms with E-state index in [-0.39, 0.29) is 12.5 Å². The third-order valence-electron chi connectivity index (χ3n) is 10.4. The van der Waals surface area contributed by atoms with E-state index in [1.54, 1.807) is 0 Å². The predicted molar refractivity (Wildman–Crippen MR) is 221 cm³/mol. The van der Waals surface area contributed by atoms with E-state index in [1.165, 1.54) is 186 Å². The number of carbonyl (C=O) groups excluding carboxylic acids is 1. The molecule has 4 heteroatoms. The normalized spacial score (nSPS) is 13.1. The van der Waals surface area contributed by atoms with Crippen molar-refractivity contribution in [2.75, 3.05) is 6.61 Å². The fourth-order valence-corrected chi connectivity index (χ4v) is 6.94. The summed E-state index contributed by atoms with van der Waals surface area (Å²) in [6, 6.07) is -0.550. The third kappa shape index (κ3) is 38.1. The van der Waals surface area contributed by atoms with Gasteiger partial charge in [0.05, 0.1) is 18.8 Å². The average Bonchev–Trinajstić information content (AvgIpc) is 3.12. The molecule has 0 saturated carbocycles. The van der Waals surface area contributed by atoms with Crippen molar-refractivity contribution in [3.63, 3.8) is 0 Å². The van der Waals surface area contributed by atoms with Gasteiger partial charge in [-0.3, -0.25) is 4.79 Å². The SMILES string of the molecule is CCCCCCCC/C=C/CCCCCCCCCCCCCCCC(=O)N[C@@H](CO)[C@H](O)CCCC/C=C/CCCCCCCCCCC. The zero-order valence-corrected chi connectivity index (χ0v) is 33.9. The second-order valence-electron chi connectivity index (χ2n) is 15.5. The molecule has 0 spiro atoms. The van der Waals surface area contributed by atoms with Crippen LogP contribution in [0.3, 0.4) is 0 Å². The molecular formula is C46H89NO3. The maximum Gasteiger partial charge on any atom is 0.220 e. The van der Waals surface area contributed by atoms with Gasteiger partial charge in [0.15, 0.2) is 0 Å². The van der Waals surface area contributed by atoms with Crippen LogP contribution in [0.4, 0.5) is 0 Å². The van der Waals surface area contributed by atoms with Crippen LogP contribution in [-0.4, -0.2) is 34.9 Å². The zero-order valence-electron chi connectivity index (χ0n) is 33.9. The maximum atomic E-state index is 12.4. The second-order valence-corrected chi connectivity index (χ2v) is 15.5. The van der Waals surface area contributed by atoms with E-state index in [2.05, 4.69) is 43.5 Å². The summed E-state index contributed by atoms with van der Waals surface area (Å²) in [6.45, 7) is 4.35. The first-order valence-corrected chi connectivity index (χ1v) is 22.5. The van der Waals surface area contributed by atoms with Crippen molar-refractivity contribution in [3.8, 4) is 0 Å². The Bertz CT molecular complexity index is 720. The van der Waals surface area contributed by atoms with Gasteiger partial charge in [-0.2, -0.15) is 0 Å². The van der Waals surface area contributed by atoms with Crippen molar-refractivity contribution in [3.05, 3.63) is 24.3 Å². The van der Waals surface area contributed by atoms with E-state index < -0.39 is 12.1 Å². The van der Waals surface area contributed by atoms with E-state index in [0.717, 1.165) is 32.1 Å². The van der Waals surface area contributed by atoms with Crippen molar-refractivity contribution in [2.45, 2.75) is 257 Å². The first-order chi connectivity index (χ1) is 24.7. The zero-order chi connectivity index (χ0) is 36.4. The van der Waals surface area contributed by atoms with Crippen molar-refractivity contribution >= 4 is 5.91 Å². The Hall–Kier alpha value is -1.13. The molecule has 0 bridgehead atoms. The van der Waals surface area contributed by atoms with Gasteiger partial charge in [-0.15, -0.1) is 0 Å². The minimum absolute atomic E-state index is 0.0394. The smallest absolute Gasteiger partial charge is 0.220 e. The molecule has 0 aromatic heterocycles. The van der Waals surface area contributed by atoms with E-state index in [0.29, 0.717) is 12.8 Å².